The highest BCUT2D eigenvalue weighted by molar-refractivity contribution is 5.69. The maximum atomic E-state index is 5.82. The molecule has 0 aliphatic carbocycles. The number of hydrogen-bond donors (Lipinski definition) is 0. The predicted octanol–water partition coefficient (Wildman–Crippen LogP) is 6.31. The van der Waals surface area contributed by atoms with E-state index >= 15 is 0 Å². The molecule has 3 aromatic rings. The van der Waals surface area contributed by atoms with E-state index in [0.717, 1.165) is 57.2 Å². The van der Waals surface area contributed by atoms with E-state index < -0.39 is 0 Å². The van der Waals surface area contributed by atoms with Crippen molar-refractivity contribution in [3.8, 4) is 11.4 Å². The van der Waals surface area contributed by atoms with E-state index in [1.807, 2.05) is 7.11 Å². The predicted molar refractivity (Wildman–Crippen MR) is 162 cm³/mol. The van der Waals surface area contributed by atoms with Crippen LogP contribution in [0.15, 0.2) is 36.4 Å². The van der Waals surface area contributed by atoms with E-state index in [-0.39, 0.29) is 11.5 Å². The van der Waals surface area contributed by atoms with Gasteiger partial charge in [-0.25, -0.2) is 9.97 Å². The molecule has 0 saturated carbocycles. The Morgan fingerprint density at radius 2 is 1.65 bits per heavy atom. The second kappa shape index (κ2) is 10.5. The van der Waals surface area contributed by atoms with Crippen molar-refractivity contribution in [2.75, 3.05) is 36.7 Å². The molecular formula is C34H44N4O2. The maximum Gasteiger partial charge on any atom is 0.162 e. The number of methoxy groups -OCH3 is 1. The van der Waals surface area contributed by atoms with Crippen molar-refractivity contribution >= 4 is 11.5 Å². The van der Waals surface area contributed by atoms with Crippen LogP contribution in [0.25, 0.3) is 11.4 Å². The Hall–Kier alpha value is -2.96. The molecule has 1 aromatic heterocycles. The number of ether oxygens (including phenoxy) is 2. The number of aromatic nitrogens is 2. The summed E-state index contributed by atoms with van der Waals surface area (Å²) in [5, 5.41) is 0. The van der Waals surface area contributed by atoms with E-state index in [4.69, 9.17) is 19.4 Å². The van der Waals surface area contributed by atoms with Crippen molar-refractivity contribution in [2.45, 2.75) is 91.0 Å². The van der Waals surface area contributed by atoms with Gasteiger partial charge in [0.25, 0.3) is 0 Å². The molecule has 6 heteroatoms. The first-order chi connectivity index (χ1) is 19.2. The van der Waals surface area contributed by atoms with Crippen LogP contribution in [0.2, 0.25) is 0 Å². The van der Waals surface area contributed by atoms with Crippen LogP contribution in [0.1, 0.15) is 67.1 Å². The Morgan fingerprint density at radius 3 is 2.27 bits per heavy atom. The Morgan fingerprint density at radius 1 is 0.950 bits per heavy atom. The molecule has 0 bridgehead atoms. The second-order valence-corrected chi connectivity index (χ2v) is 12.7. The normalized spacial score (nSPS) is 24.0. The summed E-state index contributed by atoms with van der Waals surface area (Å²) in [6.45, 7) is 16.9. The number of rotatable bonds is 5. The van der Waals surface area contributed by atoms with Gasteiger partial charge in [-0.1, -0.05) is 37.3 Å². The number of hydrogen-bond acceptors (Lipinski definition) is 6. The first-order valence-corrected chi connectivity index (χ1v) is 14.9. The lowest BCUT2D eigenvalue weighted by atomic mass is 9.80. The zero-order valence-electron chi connectivity index (χ0n) is 25.3. The fourth-order valence-corrected chi connectivity index (χ4v) is 7.12. The van der Waals surface area contributed by atoms with Gasteiger partial charge >= 0.3 is 0 Å². The van der Waals surface area contributed by atoms with E-state index in [0.29, 0.717) is 12.1 Å². The monoisotopic (exact) mass is 540 g/mol. The number of benzene rings is 2. The maximum absolute atomic E-state index is 5.82. The molecule has 2 atom stereocenters. The summed E-state index contributed by atoms with van der Waals surface area (Å²) in [4.78, 5) is 15.8. The smallest absolute Gasteiger partial charge is 0.162 e. The van der Waals surface area contributed by atoms with Gasteiger partial charge in [0, 0.05) is 60.9 Å². The topological polar surface area (TPSA) is 50.7 Å². The summed E-state index contributed by atoms with van der Waals surface area (Å²) < 4.78 is 11.4. The van der Waals surface area contributed by atoms with Crippen molar-refractivity contribution in [2.24, 2.45) is 0 Å². The lowest BCUT2D eigenvalue weighted by Crippen LogP contribution is -2.50. The van der Waals surface area contributed by atoms with Gasteiger partial charge in [-0.15, -0.1) is 0 Å². The van der Waals surface area contributed by atoms with Crippen LogP contribution in [0.3, 0.4) is 0 Å². The summed E-state index contributed by atoms with van der Waals surface area (Å²) in [6, 6.07) is 14.1. The summed E-state index contributed by atoms with van der Waals surface area (Å²) in [5.74, 6) is 1.97. The lowest BCUT2D eigenvalue weighted by Gasteiger charge is -2.45. The molecule has 6 rings (SSSR count). The minimum Gasteiger partial charge on any atom is -0.381 e. The van der Waals surface area contributed by atoms with Gasteiger partial charge in [-0.3, -0.25) is 0 Å². The Labute approximate surface area is 239 Å². The average Bonchev–Trinajstić information content (AvgIpc) is 2.91. The third-order valence-corrected chi connectivity index (χ3v) is 9.57. The quantitative estimate of drug-likeness (QED) is 0.378. The molecule has 2 unspecified atom stereocenters. The van der Waals surface area contributed by atoms with Crippen molar-refractivity contribution in [3.63, 3.8) is 0 Å². The summed E-state index contributed by atoms with van der Waals surface area (Å²) in [7, 11) is 1.84. The molecule has 0 N–H and O–H groups in total. The average molecular weight is 541 g/mol. The molecule has 40 heavy (non-hydrogen) atoms. The van der Waals surface area contributed by atoms with Crippen LogP contribution >= 0.6 is 0 Å². The van der Waals surface area contributed by atoms with Gasteiger partial charge in [0.1, 0.15) is 5.82 Å². The summed E-state index contributed by atoms with van der Waals surface area (Å²) in [6.07, 6.45) is 3.20. The lowest BCUT2D eigenvalue weighted by molar-refractivity contribution is -0.0499. The van der Waals surface area contributed by atoms with Crippen LogP contribution in [0, 0.1) is 20.8 Å². The molecule has 0 amide bonds. The molecule has 0 radical (unpaired) electrons. The van der Waals surface area contributed by atoms with Crippen LogP contribution < -0.4 is 9.80 Å². The molecule has 2 aromatic carbocycles. The zero-order chi connectivity index (χ0) is 28.2. The van der Waals surface area contributed by atoms with Crippen LogP contribution in [-0.4, -0.2) is 55.0 Å². The third kappa shape index (κ3) is 4.69. The van der Waals surface area contributed by atoms with E-state index in [1.54, 1.807) is 0 Å². The fourth-order valence-electron chi connectivity index (χ4n) is 7.12. The van der Waals surface area contributed by atoms with E-state index in [2.05, 4.69) is 87.7 Å². The van der Waals surface area contributed by atoms with E-state index in [9.17, 15) is 0 Å². The van der Waals surface area contributed by atoms with Gasteiger partial charge in [-0.05, 0) is 75.8 Å². The van der Waals surface area contributed by atoms with Gasteiger partial charge in [-0.2, -0.15) is 0 Å². The van der Waals surface area contributed by atoms with Gasteiger partial charge in [0.15, 0.2) is 5.82 Å². The molecule has 2 saturated heterocycles. The van der Waals surface area contributed by atoms with E-state index in [1.165, 1.54) is 44.8 Å². The minimum absolute atomic E-state index is 0.112. The van der Waals surface area contributed by atoms with Crippen molar-refractivity contribution in [1.29, 1.82) is 0 Å². The van der Waals surface area contributed by atoms with Crippen LogP contribution in [0.5, 0.6) is 0 Å². The summed E-state index contributed by atoms with van der Waals surface area (Å²) >= 11 is 0. The molecule has 2 fully saturated rings. The third-order valence-electron chi connectivity index (χ3n) is 9.57. The second-order valence-electron chi connectivity index (χ2n) is 12.7. The Balaban J connectivity index is 1.45. The molecule has 212 valence electrons. The fraction of sp³-hybridized carbons (Fsp3) is 0.529. The van der Waals surface area contributed by atoms with Gasteiger partial charge in [0.05, 0.1) is 25.0 Å². The Kier molecular flexibility index (Phi) is 7.12. The highest BCUT2D eigenvalue weighted by Crippen LogP contribution is 2.40. The van der Waals surface area contributed by atoms with Crippen molar-refractivity contribution in [1.82, 2.24) is 9.97 Å². The van der Waals surface area contributed by atoms with Crippen LogP contribution in [0.4, 0.5) is 11.5 Å². The Bertz CT molecular complexity index is 1380. The zero-order valence-corrected chi connectivity index (χ0v) is 25.3. The number of fused-ring (bicyclic) bond motifs is 1. The number of piperidine rings is 1. The molecule has 0 spiro atoms. The van der Waals surface area contributed by atoms with Gasteiger partial charge < -0.3 is 19.3 Å². The summed E-state index contributed by atoms with van der Waals surface area (Å²) in [5.41, 5.74) is 10.2. The molecule has 3 aliphatic rings. The van der Waals surface area contributed by atoms with Crippen LogP contribution in [-0.2, 0) is 27.9 Å². The molecule has 4 heterocycles. The SMILES string of the molecule is COC1CC(C)N(c2nc(-c3c(C)cccc3C)nc3c2CN(c2cc(C4(C)COC4)ccc2C)CC3)C(C)C1. The first kappa shape index (κ1) is 27.2. The highest BCUT2D eigenvalue weighted by Gasteiger charge is 2.37. The molecular weight excluding hydrogens is 496 g/mol. The van der Waals surface area contributed by atoms with Crippen molar-refractivity contribution in [3.05, 3.63) is 69.9 Å². The van der Waals surface area contributed by atoms with Gasteiger partial charge in [0.2, 0.25) is 0 Å². The number of anilines is 2. The van der Waals surface area contributed by atoms with Crippen molar-refractivity contribution < 1.29 is 9.47 Å². The first-order valence-electron chi connectivity index (χ1n) is 14.9. The largest absolute Gasteiger partial charge is 0.381 e. The number of nitrogens with zero attached hydrogens (tertiary/aromatic N) is 4. The number of aryl methyl sites for hydroxylation is 3. The molecule has 3 aliphatic heterocycles. The minimum atomic E-state index is 0.112. The molecule has 6 nitrogen and oxygen atoms in total. The highest BCUT2D eigenvalue weighted by atomic mass is 16.5. The standard InChI is InChI=1S/C34H44N4O2/c1-21-11-12-26(34(6)19-40-20-34)17-30(21)37-14-13-29-28(18-37)33(38-24(4)15-27(39-7)16-25(38)5)36-32(35-29)31-22(2)9-8-10-23(31)3/h8-12,17,24-25,27H,13-16,18-20H2,1-7H3.